The molecule has 0 saturated heterocycles. The maximum Gasteiger partial charge on any atom is 0.407 e. The smallest absolute Gasteiger partial charge is 0.407 e. The van der Waals surface area contributed by atoms with Gasteiger partial charge in [0.1, 0.15) is 17.5 Å². The second kappa shape index (κ2) is 13.3. The van der Waals surface area contributed by atoms with Crippen LogP contribution in [0.1, 0.15) is 53.5 Å². The first-order chi connectivity index (χ1) is 19.4. The van der Waals surface area contributed by atoms with Crippen LogP contribution in [-0.4, -0.2) is 59.0 Å². The van der Waals surface area contributed by atoms with Gasteiger partial charge in [0, 0.05) is 36.3 Å². The topological polar surface area (TPSA) is 100 Å². The summed E-state index contributed by atoms with van der Waals surface area (Å²) in [5, 5.41) is 7.85. The number of hydrogen-bond donors (Lipinski definition) is 1. The minimum Gasteiger partial charge on any atom is -0.491 e. The molecule has 0 aliphatic rings. The van der Waals surface area contributed by atoms with Crippen molar-refractivity contribution in [1.29, 1.82) is 0 Å². The number of carbonyl (C=O) groups is 1. The number of nitrogens with zero attached hydrogens (tertiary/aromatic N) is 4. The van der Waals surface area contributed by atoms with Crippen molar-refractivity contribution in [3.63, 3.8) is 0 Å². The molecule has 0 saturated carbocycles. The third-order valence-electron chi connectivity index (χ3n) is 7.18. The minimum absolute atomic E-state index is 0.00319. The Morgan fingerprint density at radius 1 is 1.10 bits per heavy atom. The normalized spacial score (nSPS) is 13.1. The second-order valence-electron chi connectivity index (χ2n) is 12.9. The summed E-state index contributed by atoms with van der Waals surface area (Å²) in [6.45, 7) is 19.0. The fraction of sp³-hybridized carbons (Fsp3) is 0.533. The van der Waals surface area contributed by atoms with Crippen LogP contribution >= 0.6 is 23.2 Å². The van der Waals surface area contributed by atoms with Crippen LogP contribution in [0.15, 0.2) is 30.5 Å². The highest BCUT2D eigenvalue weighted by atomic mass is 35.5. The van der Waals surface area contributed by atoms with Crippen molar-refractivity contribution >= 4 is 37.6 Å². The zero-order chi connectivity index (χ0) is 31.5. The molecule has 3 aromatic rings. The van der Waals surface area contributed by atoms with E-state index in [0.717, 1.165) is 11.3 Å². The summed E-state index contributed by atoms with van der Waals surface area (Å²) < 4.78 is 20.1. The van der Waals surface area contributed by atoms with E-state index in [0.29, 0.717) is 39.4 Å². The van der Waals surface area contributed by atoms with E-state index in [-0.39, 0.29) is 29.9 Å². The molecule has 3 rings (SSSR count). The monoisotopic (exact) mass is 635 g/mol. The molecule has 0 fully saturated rings. The Morgan fingerprint density at radius 2 is 1.79 bits per heavy atom. The molecule has 1 atom stereocenters. The van der Waals surface area contributed by atoms with Gasteiger partial charge in [-0.15, -0.1) is 0 Å². The molecular weight excluding hydrogens is 593 g/mol. The fourth-order valence-electron chi connectivity index (χ4n) is 3.82. The van der Waals surface area contributed by atoms with Crippen LogP contribution in [0.3, 0.4) is 0 Å². The number of aryl methyl sites for hydroxylation is 1. The number of alkyl carbamates (subject to hydrolysis) is 1. The van der Waals surface area contributed by atoms with Gasteiger partial charge in [-0.3, -0.25) is 4.68 Å². The van der Waals surface area contributed by atoms with Crippen molar-refractivity contribution in [1.82, 2.24) is 25.1 Å². The first-order valence-corrected chi connectivity index (χ1v) is 17.6. The van der Waals surface area contributed by atoms with Crippen molar-refractivity contribution < 1.29 is 18.7 Å². The number of nitrogens with one attached hydrogen (secondary N) is 1. The van der Waals surface area contributed by atoms with Crippen molar-refractivity contribution in [3.05, 3.63) is 46.2 Å². The highest BCUT2D eigenvalue weighted by molar-refractivity contribution is 6.74. The fourth-order valence-corrected chi connectivity index (χ4v) is 5.56. The largest absolute Gasteiger partial charge is 0.491 e. The van der Waals surface area contributed by atoms with E-state index in [2.05, 4.69) is 49.3 Å². The average molecular weight is 637 g/mol. The molecule has 1 aromatic carbocycles. The van der Waals surface area contributed by atoms with E-state index in [1.54, 1.807) is 29.1 Å². The molecule has 2 heterocycles. The molecule has 12 heteroatoms. The van der Waals surface area contributed by atoms with E-state index in [4.69, 9.17) is 42.1 Å². The number of halogens is 2. The van der Waals surface area contributed by atoms with Gasteiger partial charge in [-0.05, 0) is 70.1 Å². The van der Waals surface area contributed by atoms with Crippen LogP contribution in [0.4, 0.5) is 4.79 Å². The SMILES string of the molecule is Cc1c(Cl)nc(-c2cc(OC[C@@H](CCOC(=O)NC(C)(C)C)O[Si](C)(C)C(C)(C)C)ccc2Cl)nc1-c1ccnn1C. The van der Waals surface area contributed by atoms with Crippen LogP contribution in [0.25, 0.3) is 22.8 Å². The summed E-state index contributed by atoms with van der Waals surface area (Å²) in [4.78, 5) is 21.5. The van der Waals surface area contributed by atoms with E-state index < -0.39 is 14.4 Å². The Morgan fingerprint density at radius 3 is 2.38 bits per heavy atom. The van der Waals surface area contributed by atoms with Gasteiger partial charge < -0.3 is 19.2 Å². The maximum atomic E-state index is 12.2. The van der Waals surface area contributed by atoms with Gasteiger partial charge in [0.25, 0.3) is 0 Å². The third kappa shape index (κ3) is 8.92. The summed E-state index contributed by atoms with van der Waals surface area (Å²) in [6.07, 6.45) is 1.43. The Hall–Kier alpha value is -2.66. The molecule has 0 spiro atoms. The molecular formula is C30H43Cl2N5O4Si. The number of rotatable bonds is 10. The maximum absolute atomic E-state index is 12.2. The van der Waals surface area contributed by atoms with Crippen molar-refractivity contribution in [2.75, 3.05) is 13.2 Å². The lowest BCUT2D eigenvalue weighted by Crippen LogP contribution is -2.46. The van der Waals surface area contributed by atoms with Crippen LogP contribution in [0.2, 0.25) is 28.3 Å². The van der Waals surface area contributed by atoms with Crippen molar-refractivity contribution in [2.45, 2.75) is 84.7 Å². The Bertz CT molecular complexity index is 1400. The highest BCUT2D eigenvalue weighted by Crippen LogP contribution is 2.38. The molecule has 42 heavy (non-hydrogen) atoms. The predicted molar refractivity (Wildman–Crippen MR) is 171 cm³/mol. The first kappa shape index (κ1) is 33.8. The molecule has 0 unspecified atom stereocenters. The third-order valence-corrected chi connectivity index (χ3v) is 12.4. The highest BCUT2D eigenvalue weighted by Gasteiger charge is 2.39. The summed E-state index contributed by atoms with van der Waals surface area (Å²) in [5.74, 6) is 0.955. The molecule has 230 valence electrons. The van der Waals surface area contributed by atoms with Crippen molar-refractivity contribution in [3.8, 4) is 28.5 Å². The lowest BCUT2D eigenvalue weighted by molar-refractivity contribution is 0.0766. The van der Waals surface area contributed by atoms with Gasteiger partial charge in [0.2, 0.25) is 0 Å². The van der Waals surface area contributed by atoms with Gasteiger partial charge in [0.15, 0.2) is 14.1 Å². The molecule has 0 aliphatic carbocycles. The Labute approximate surface area is 260 Å². The summed E-state index contributed by atoms with van der Waals surface area (Å²) >= 11 is 13.1. The second-order valence-corrected chi connectivity index (χ2v) is 18.4. The Balaban J connectivity index is 1.82. The standard InChI is InChI=1S/C30H43Cl2N5O4Si/c1-19-25(24-13-15-33-37(24)8)34-27(35-26(19)32)22-17-20(11-12-23(22)31)40-18-21(41-42(9,10)30(5,6)7)14-16-39-28(38)36-29(2,3)4/h11-13,15,17,21H,14,16,18H2,1-10H3,(H,36,38)/t21-/m1/s1. The van der Waals surface area contributed by atoms with Gasteiger partial charge in [-0.25, -0.2) is 14.8 Å². The van der Waals surface area contributed by atoms with E-state index >= 15 is 0 Å². The summed E-state index contributed by atoms with van der Waals surface area (Å²) in [6, 6.07) is 7.21. The molecule has 0 aliphatic heterocycles. The molecule has 1 N–H and O–H groups in total. The lowest BCUT2D eigenvalue weighted by Gasteiger charge is -2.39. The van der Waals surface area contributed by atoms with Crippen molar-refractivity contribution in [2.24, 2.45) is 7.05 Å². The average Bonchev–Trinajstić information content (AvgIpc) is 3.28. The number of amides is 1. The van der Waals surface area contributed by atoms with E-state index in [1.165, 1.54) is 0 Å². The van der Waals surface area contributed by atoms with Crippen LogP contribution < -0.4 is 10.1 Å². The number of ether oxygens (including phenoxy) is 2. The zero-order valence-corrected chi connectivity index (χ0v) is 28.8. The van der Waals surface area contributed by atoms with E-state index in [9.17, 15) is 4.79 Å². The lowest BCUT2D eigenvalue weighted by atomic mass is 10.1. The number of benzene rings is 1. The molecule has 2 aromatic heterocycles. The first-order valence-electron chi connectivity index (χ1n) is 14.0. The van der Waals surface area contributed by atoms with Crippen LogP contribution in [0.5, 0.6) is 5.75 Å². The molecule has 9 nitrogen and oxygen atoms in total. The molecule has 0 bridgehead atoms. The zero-order valence-electron chi connectivity index (χ0n) is 26.3. The quantitative estimate of drug-likeness (QED) is 0.179. The predicted octanol–water partition coefficient (Wildman–Crippen LogP) is 7.84. The van der Waals surface area contributed by atoms with E-state index in [1.807, 2.05) is 40.8 Å². The van der Waals surface area contributed by atoms with Crippen LogP contribution in [-0.2, 0) is 16.2 Å². The number of aromatic nitrogens is 4. The molecule has 1 amide bonds. The van der Waals surface area contributed by atoms with Gasteiger partial charge in [-0.2, -0.15) is 5.10 Å². The minimum atomic E-state index is -2.14. The molecule has 0 radical (unpaired) electrons. The van der Waals surface area contributed by atoms with Gasteiger partial charge in [-0.1, -0.05) is 44.0 Å². The summed E-state index contributed by atoms with van der Waals surface area (Å²) in [7, 11) is -0.299. The van der Waals surface area contributed by atoms with Crippen LogP contribution in [0, 0.1) is 6.92 Å². The Kier molecular flexibility index (Phi) is 10.7. The number of hydrogen-bond acceptors (Lipinski definition) is 7. The summed E-state index contributed by atoms with van der Waals surface area (Å²) in [5.41, 5.74) is 2.43. The van der Waals surface area contributed by atoms with Gasteiger partial charge in [0.05, 0.1) is 29.1 Å². The number of carbonyl (C=O) groups excluding carboxylic acids is 1. The van der Waals surface area contributed by atoms with Gasteiger partial charge >= 0.3 is 6.09 Å².